The molecular weight excluding hydrogens is 1450 g/mol. The highest BCUT2D eigenvalue weighted by atomic mass is 16.6. The van der Waals surface area contributed by atoms with Gasteiger partial charge in [0, 0.05) is 108 Å². The molecule has 0 aliphatic carbocycles. The predicted molar refractivity (Wildman–Crippen MR) is 475 cm³/mol. The highest BCUT2D eigenvalue weighted by Crippen LogP contribution is 2.50. The summed E-state index contributed by atoms with van der Waals surface area (Å²) in [5.41, 5.74) is 18.1. The third-order valence-electron chi connectivity index (χ3n) is 23.8. The van der Waals surface area contributed by atoms with E-state index < -0.39 is 22.4 Å². The fraction of sp³-hybridized carbons (Fsp3) is 0.636. The molecule has 116 heavy (non-hydrogen) atoms. The van der Waals surface area contributed by atoms with Crippen molar-refractivity contribution in [2.24, 2.45) is 0 Å². The van der Waals surface area contributed by atoms with E-state index in [4.69, 9.17) is 18.9 Å². The Labute approximate surface area is 699 Å². The second kappa shape index (κ2) is 35.1. The highest BCUT2D eigenvalue weighted by Gasteiger charge is 2.46. The lowest BCUT2D eigenvalue weighted by atomic mass is 9.67. The van der Waals surface area contributed by atoms with Crippen LogP contribution in [0.1, 0.15) is 326 Å². The number of fused-ring (bicyclic) bond motifs is 7. The summed E-state index contributed by atoms with van der Waals surface area (Å²) < 4.78 is 22.2. The van der Waals surface area contributed by atoms with Gasteiger partial charge in [0.2, 0.25) is 11.8 Å². The molecule has 12 rings (SSSR count). The van der Waals surface area contributed by atoms with E-state index in [0.29, 0.717) is 26.2 Å². The number of rotatable bonds is 0. The van der Waals surface area contributed by atoms with Crippen LogP contribution in [0, 0.1) is 0 Å². The van der Waals surface area contributed by atoms with Crippen molar-refractivity contribution in [2.75, 3.05) is 74.0 Å². The number of hydrogen-bond acceptors (Lipinski definition) is 11. The van der Waals surface area contributed by atoms with Crippen LogP contribution in [0.2, 0.25) is 0 Å². The maximum atomic E-state index is 12.7. The summed E-state index contributed by atoms with van der Waals surface area (Å²) in [6, 6.07) is 33.5. The molecule has 2 spiro atoms. The van der Waals surface area contributed by atoms with Crippen molar-refractivity contribution in [3.8, 4) is 0 Å². The summed E-state index contributed by atoms with van der Waals surface area (Å²) in [6.07, 6.45) is 7.86. The molecule has 6 amide bonds. The van der Waals surface area contributed by atoms with E-state index in [1.54, 1.807) is 23.6 Å². The van der Waals surface area contributed by atoms with Crippen molar-refractivity contribution in [3.63, 3.8) is 0 Å². The molecule has 640 valence electrons. The smallest absolute Gasteiger partial charge is 0.414 e. The van der Waals surface area contributed by atoms with Gasteiger partial charge in [0.15, 0.2) is 0 Å². The Morgan fingerprint density at radius 2 is 0.647 bits per heavy atom. The summed E-state index contributed by atoms with van der Waals surface area (Å²) in [5, 5.41) is 3.61. The Hall–Kier alpha value is -8.08. The molecule has 0 aromatic heterocycles. The largest absolute Gasteiger partial charge is 0.444 e. The number of carbonyl (C=O) groups is 6. The minimum absolute atomic E-state index is 0.0240. The number of benzene rings is 5. The molecule has 7 aliphatic heterocycles. The zero-order valence-electron chi connectivity index (χ0n) is 77.6. The summed E-state index contributed by atoms with van der Waals surface area (Å²) in [6.45, 7) is 72.3. The molecule has 0 bridgehead atoms. The third kappa shape index (κ3) is 24.6. The minimum Gasteiger partial charge on any atom is -0.444 e. The Morgan fingerprint density at radius 3 is 1.05 bits per heavy atom. The van der Waals surface area contributed by atoms with Crippen molar-refractivity contribution < 1.29 is 47.7 Å². The lowest BCUT2D eigenvalue weighted by molar-refractivity contribution is -0.129. The van der Waals surface area contributed by atoms with Crippen LogP contribution in [0.3, 0.4) is 0 Å². The molecule has 2 fully saturated rings. The molecule has 0 saturated carbocycles. The van der Waals surface area contributed by atoms with Gasteiger partial charge in [-0.3, -0.25) is 14.5 Å². The molecular formula is C99H149N7O10. The molecule has 7 aliphatic rings. The van der Waals surface area contributed by atoms with Crippen LogP contribution in [-0.4, -0.2) is 137 Å². The van der Waals surface area contributed by atoms with Gasteiger partial charge in [-0.1, -0.05) is 190 Å². The van der Waals surface area contributed by atoms with Gasteiger partial charge in [0.25, 0.3) is 0 Å². The number of likely N-dealkylation sites (tertiary alicyclic amines) is 2. The van der Waals surface area contributed by atoms with E-state index in [1.807, 2.05) is 103 Å². The Bertz CT molecular complexity index is 4320. The first-order valence-electron chi connectivity index (χ1n) is 43.0. The average Bonchev–Trinajstić information content (AvgIpc) is 0.754. The van der Waals surface area contributed by atoms with E-state index in [1.165, 1.54) is 72.4 Å². The van der Waals surface area contributed by atoms with Gasteiger partial charge in [-0.05, 0) is 258 Å². The van der Waals surface area contributed by atoms with Gasteiger partial charge in [-0.2, -0.15) is 0 Å². The van der Waals surface area contributed by atoms with Gasteiger partial charge in [0.1, 0.15) is 22.4 Å². The van der Waals surface area contributed by atoms with Crippen molar-refractivity contribution in [1.82, 2.24) is 19.6 Å². The first-order valence-corrected chi connectivity index (χ1v) is 43.0. The van der Waals surface area contributed by atoms with Crippen LogP contribution < -0.4 is 15.1 Å². The fourth-order valence-corrected chi connectivity index (χ4v) is 16.4. The van der Waals surface area contributed by atoms with Crippen LogP contribution in [0.5, 0.6) is 0 Å². The molecule has 1 N–H and O–H groups in total. The maximum Gasteiger partial charge on any atom is 0.414 e. The van der Waals surface area contributed by atoms with E-state index in [2.05, 4.69) is 214 Å². The molecule has 5 aromatic carbocycles. The normalized spacial score (nSPS) is 17.8. The number of nitrogens with one attached hydrogen (secondary N) is 1. The third-order valence-corrected chi connectivity index (χ3v) is 23.8. The first-order chi connectivity index (χ1) is 53.1. The van der Waals surface area contributed by atoms with Crippen molar-refractivity contribution >= 4 is 53.2 Å². The summed E-state index contributed by atoms with van der Waals surface area (Å²) >= 11 is 0. The van der Waals surface area contributed by atoms with Gasteiger partial charge in [-0.25, -0.2) is 19.2 Å². The molecule has 0 radical (unpaired) electrons. The molecule has 5 aromatic rings. The Morgan fingerprint density at radius 1 is 0.319 bits per heavy atom. The monoisotopic (exact) mass is 1600 g/mol. The summed E-state index contributed by atoms with van der Waals surface area (Å²) in [5.74, 6) is 0.273. The SMILES string of the molecule is CC(=O)N1CCC2(CCN(C(=O)OC(C)(C)C)CC2)c2ccc(C(C)(C)C)cc21.CC(=O)N1CCc2ccc(C(C)(C)C)cc2C1.CC(C)(C)OC(=O)N1CCC(C)(C)c2ccc(C(C)(C)C)cc21.CC(C)(C)OC(=O)N1CCC2(CCNc3cc(C(C)(C)C)ccc32)CC1.CC(C)(C)OC(=O)N1CCc2ccc(C(C)(C)C)cc2C1. The molecule has 2 saturated heterocycles. The van der Waals surface area contributed by atoms with E-state index in [-0.39, 0.29) is 79.5 Å². The zero-order valence-corrected chi connectivity index (χ0v) is 77.6. The summed E-state index contributed by atoms with van der Waals surface area (Å²) in [7, 11) is 0. The topological polar surface area (TPSA) is 171 Å². The van der Waals surface area contributed by atoms with Gasteiger partial charge < -0.3 is 48.8 Å². The number of amides is 6. The fourth-order valence-electron chi connectivity index (χ4n) is 16.4. The number of nitrogens with zero attached hydrogens (tertiary/aromatic N) is 6. The standard InChI is InChI=1S/C24H36N2O3.C22H34N2O2.C20H31NO2.C18H27NO2.C15H21NO/c1-17(27)26-15-12-24(19-9-8-18(16-20(19)26)22(2,3)4)10-13-25(14-11-24)21(28)29-23(5,6)7;1-20(2,3)16-7-8-17-18(15-16)23-12-9-22(17)10-13-24(14-11-22)19(25)26-21(4,5)6;1-18(2,3)14-9-10-15-16(13-14)21(12-11-20(15,7)8)17(22)23-19(4,5)6;1-17(2,3)15-8-7-13-9-10-19(12-14(13)11-15)16(20)21-18(4,5)6;1-11(17)16-8-7-12-5-6-14(15(2,3)4)9-13(12)10-16/h8-9,16H,10-15H2,1-7H3;7-8,15,23H,9-14H2,1-6H3;9-10,13H,11-12H2,1-8H3;7-8,11H,9-10,12H2,1-6H3;5-6,9H,7-8,10H2,1-4H3. The number of anilines is 3. The number of hydrogen-bond donors (Lipinski definition) is 1. The summed E-state index contributed by atoms with van der Waals surface area (Å²) in [4.78, 5) is 84.6. The second-order valence-corrected chi connectivity index (χ2v) is 43.6. The van der Waals surface area contributed by atoms with E-state index in [9.17, 15) is 28.8 Å². The molecule has 0 atom stereocenters. The second-order valence-electron chi connectivity index (χ2n) is 43.6. The quantitative estimate of drug-likeness (QED) is 0.146. The van der Waals surface area contributed by atoms with Gasteiger partial charge >= 0.3 is 24.4 Å². The Kier molecular flexibility index (Phi) is 28.2. The number of piperidine rings is 2. The van der Waals surface area contributed by atoms with Crippen molar-refractivity contribution in [3.05, 3.63) is 158 Å². The van der Waals surface area contributed by atoms with Crippen LogP contribution in [0.15, 0.2) is 91.0 Å². The minimum atomic E-state index is -0.480. The Balaban J connectivity index is 0.000000183. The van der Waals surface area contributed by atoms with Crippen LogP contribution in [-0.2, 0) is 97.8 Å². The van der Waals surface area contributed by atoms with Crippen molar-refractivity contribution in [1.29, 1.82) is 0 Å². The highest BCUT2D eigenvalue weighted by molar-refractivity contribution is 5.94. The van der Waals surface area contributed by atoms with Gasteiger partial charge in [0.05, 0.1) is 5.69 Å². The van der Waals surface area contributed by atoms with E-state index in [0.717, 1.165) is 115 Å². The lowest BCUT2D eigenvalue weighted by Gasteiger charge is -2.48. The van der Waals surface area contributed by atoms with Crippen LogP contribution >= 0.6 is 0 Å². The number of carbonyl (C=O) groups excluding carboxylic acids is 6. The molecule has 17 heteroatoms. The molecule has 0 unspecified atom stereocenters. The zero-order chi connectivity index (χ0) is 86.9. The molecule has 17 nitrogen and oxygen atoms in total. The predicted octanol–water partition coefficient (Wildman–Crippen LogP) is 22.7. The van der Waals surface area contributed by atoms with Crippen LogP contribution in [0.25, 0.3) is 0 Å². The first kappa shape index (κ1) is 93.4. The molecule has 7 heterocycles. The van der Waals surface area contributed by atoms with Gasteiger partial charge in [-0.15, -0.1) is 0 Å². The maximum absolute atomic E-state index is 12.7. The lowest BCUT2D eigenvalue weighted by Crippen LogP contribution is -2.50. The van der Waals surface area contributed by atoms with E-state index >= 15 is 0 Å². The number of ether oxygens (including phenoxy) is 4. The van der Waals surface area contributed by atoms with Crippen molar-refractivity contribution in [2.45, 2.75) is 351 Å². The van der Waals surface area contributed by atoms with Crippen LogP contribution in [0.4, 0.5) is 36.2 Å². The average molecular weight is 1600 g/mol.